The standard InChI is InChI=1S/C25H27ClN2O3/c1-16(2)31-21-10-4-18(5-11-21)22-23(27-14-12-17(3)13-15-27)25(30)28(24(22)29)20-8-6-19(26)7-9-20/h4-11,16-17H,12-15H2,1-3H3. The van der Waals surface area contributed by atoms with E-state index in [2.05, 4.69) is 11.8 Å². The molecular weight excluding hydrogens is 412 g/mol. The number of carbonyl (C=O) groups is 2. The van der Waals surface area contributed by atoms with Crippen LogP contribution in [0.1, 0.15) is 39.2 Å². The fraction of sp³-hybridized carbons (Fsp3) is 0.360. The van der Waals surface area contributed by atoms with Crippen LogP contribution in [0.3, 0.4) is 0 Å². The second-order valence-electron chi connectivity index (χ2n) is 8.51. The summed E-state index contributed by atoms with van der Waals surface area (Å²) in [5.41, 5.74) is 2.19. The molecule has 4 rings (SSSR count). The molecule has 0 bridgehead atoms. The van der Waals surface area contributed by atoms with E-state index in [1.54, 1.807) is 24.3 Å². The Labute approximate surface area is 188 Å². The molecule has 2 amide bonds. The first-order chi connectivity index (χ1) is 14.8. The Balaban J connectivity index is 1.75. The van der Waals surface area contributed by atoms with Crippen molar-refractivity contribution in [3.63, 3.8) is 0 Å². The van der Waals surface area contributed by atoms with E-state index >= 15 is 0 Å². The van der Waals surface area contributed by atoms with Crippen LogP contribution in [0.4, 0.5) is 5.69 Å². The quantitative estimate of drug-likeness (QED) is 0.606. The molecule has 0 spiro atoms. The number of likely N-dealkylation sites (tertiary alicyclic amines) is 1. The van der Waals surface area contributed by atoms with Gasteiger partial charge in [-0.05, 0) is 74.6 Å². The zero-order valence-corrected chi connectivity index (χ0v) is 18.9. The van der Waals surface area contributed by atoms with Crippen molar-refractivity contribution in [2.45, 2.75) is 39.7 Å². The number of imide groups is 1. The molecule has 0 aliphatic carbocycles. The molecule has 2 aromatic rings. The molecule has 0 radical (unpaired) electrons. The molecular formula is C25H27ClN2O3. The lowest BCUT2D eigenvalue weighted by Gasteiger charge is -2.32. The van der Waals surface area contributed by atoms with Crippen molar-refractivity contribution < 1.29 is 14.3 Å². The summed E-state index contributed by atoms with van der Waals surface area (Å²) in [7, 11) is 0. The predicted molar refractivity (Wildman–Crippen MR) is 123 cm³/mol. The van der Waals surface area contributed by atoms with E-state index in [0.717, 1.165) is 37.2 Å². The Kier molecular flexibility index (Phi) is 6.05. The number of anilines is 1. The van der Waals surface area contributed by atoms with Gasteiger partial charge >= 0.3 is 0 Å². The summed E-state index contributed by atoms with van der Waals surface area (Å²) in [6, 6.07) is 14.2. The minimum absolute atomic E-state index is 0.0612. The summed E-state index contributed by atoms with van der Waals surface area (Å²) in [5, 5.41) is 0.557. The lowest BCUT2D eigenvalue weighted by atomic mass is 9.97. The number of piperidine rings is 1. The van der Waals surface area contributed by atoms with Crippen LogP contribution in [-0.2, 0) is 9.59 Å². The van der Waals surface area contributed by atoms with Gasteiger partial charge in [0.25, 0.3) is 11.8 Å². The second-order valence-corrected chi connectivity index (χ2v) is 8.94. The number of nitrogens with zero attached hydrogens (tertiary/aromatic N) is 2. The van der Waals surface area contributed by atoms with Gasteiger partial charge < -0.3 is 9.64 Å². The van der Waals surface area contributed by atoms with Crippen molar-refractivity contribution in [1.82, 2.24) is 4.90 Å². The van der Waals surface area contributed by atoms with Crippen molar-refractivity contribution in [1.29, 1.82) is 0 Å². The number of amides is 2. The van der Waals surface area contributed by atoms with Gasteiger partial charge in [0.2, 0.25) is 0 Å². The SMILES string of the molecule is CC1CCN(C2=C(c3ccc(OC(C)C)cc3)C(=O)N(c3ccc(Cl)cc3)C2=O)CC1. The lowest BCUT2D eigenvalue weighted by molar-refractivity contribution is -0.120. The highest BCUT2D eigenvalue weighted by molar-refractivity contribution is 6.45. The van der Waals surface area contributed by atoms with Crippen molar-refractivity contribution in [2.24, 2.45) is 5.92 Å². The Morgan fingerprint density at radius 3 is 2.13 bits per heavy atom. The number of halogens is 1. The summed E-state index contributed by atoms with van der Waals surface area (Å²) in [6.07, 6.45) is 2.06. The molecule has 1 fully saturated rings. The molecule has 2 aromatic carbocycles. The maximum atomic E-state index is 13.5. The van der Waals surface area contributed by atoms with Crippen LogP contribution in [0, 0.1) is 5.92 Å². The molecule has 2 aliphatic heterocycles. The number of benzene rings is 2. The number of ether oxygens (including phenoxy) is 1. The van der Waals surface area contributed by atoms with Gasteiger partial charge in [-0.15, -0.1) is 0 Å². The van der Waals surface area contributed by atoms with E-state index in [9.17, 15) is 9.59 Å². The van der Waals surface area contributed by atoms with Gasteiger partial charge in [-0.3, -0.25) is 9.59 Å². The highest BCUT2D eigenvalue weighted by Crippen LogP contribution is 2.37. The normalized spacial score (nSPS) is 17.8. The van der Waals surface area contributed by atoms with E-state index in [1.807, 2.05) is 38.1 Å². The van der Waals surface area contributed by atoms with Crippen LogP contribution in [-0.4, -0.2) is 35.9 Å². The molecule has 162 valence electrons. The van der Waals surface area contributed by atoms with Crippen LogP contribution >= 0.6 is 11.6 Å². The molecule has 0 aromatic heterocycles. The third-order valence-electron chi connectivity index (χ3n) is 5.76. The largest absolute Gasteiger partial charge is 0.491 e. The molecule has 6 heteroatoms. The number of rotatable bonds is 5. The molecule has 5 nitrogen and oxygen atoms in total. The summed E-state index contributed by atoms with van der Waals surface area (Å²) in [6.45, 7) is 7.69. The Morgan fingerprint density at radius 2 is 1.55 bits per heavy atom. The third kappa shape index (κ3) is 4.33. The smallest absolute Gasteiger partial charge is 0.282 e. The van der Waals surface area contributed by atoms with Crippen LogP contribution in [0.25, 0.3) is 5.57 Å². The first kappa shape index (κ1) is 21.4. The Morgan fingerprint density at radius 1 is 0.935 bits per heavy atom. The molecule has 2 aliphatic rings. The molecule has 0 N–H and O–H groups in total. The average molecular weight is 439 g/mol. The maximum Gasteiger partial charge on any atom is 0.282 e. The van der Waals surface area contributed by atoms with Gasteiger partial charge in [-0.1, -0.05) is 30.7 Å². The fourth-order valence-corrected chi connectivity index (χ4v) is 4.23. The monoisotopic (exact) mass is 438 g/mol. The zero-order chi connectivity index (χ0) is 22.1. The van der Waals surface area contributed by atoms with Crippen LogP contribution < -0.4 is 9.64 Å². The van der Waals surface area contributed by atoms with E-state index in [0.29, 0.717) is 27.9 Å². The van der Waals surface area contributed by atoms with Crippen molar-refractivity contribution in [3.05, 3.63) is 64.8 Å². The van der Waals surface area contributed by atoms with Crippen LogP contribution in [0.15, 0.2) is 54.2 Å². The van der Waals surface area contributed by atoms with Crippen molar-refractivity contribution >= 4 is 34.7 Å². The Hall–Kier alpha value is -2.79. The van der Waals surface area contributed by atoms with E-state index in [1.165, 1.54) is 4.90 Å². The average Bonchev–Trinajstić information content (AvgIpc) is 3.00. The van der Waals surface area contributed by atoms with E-state index < -0.39 is 0 Å². The predicted octanol–water partition coefficient (Wildman–Crippen LogP) is 5.14. The first-order valence-electron chi connectivity index (χ1n) is 10.8. The third-order valence-corrected chi connectivity index (χ3v) is 6.01. The van der Waals surface area contributed by atoms with Crippen LogP contribution in [0.5, 0.6) is 5.75 Å². The summed E-state index contributed by atoms with van der Waals surface area (Å²) in [5.74, 6) is 0.768. The molecule has 0 atom stereocenters. The number of carbonyl (C=O) groups excluding carboxylic acids is 2. The summed E-state index contributed by atoms with van der Waals surface area (Å²) < 4.78 is 5.74. The first-order valence-corrected chi connectivity index (χ1v) is 11.1. The van der Waals surface area contributed by atoms with E-state index in [4.69, 9.17) is 16.3 Å². The highest BCUT2D eigenvalue weighted by Gasteiger charge is 2.42. The molecule has 0 saturated carbocycles. The van der Waals surface area contributed by atoms with Crippen LogP contribution in [0.2, 0.25) is 5.02 Å². The highest BCUT2D eigenvalue weighted by atomic mass is 35.5. The minimum Gasteiger partial charge on any atom is -0.491 e. The van der Waals surface area contributed by atoms with Gasteiger partial charge in [0.15, 0.2) is 0 Å². The van der Waals surface area contributed by atoms with Gasteiger partial charge in [0, 0.05) is 18.1 Å². The van der Waals surface area contributed by atoms with Gasteiger partial charge in [-0.25, -0.2) is 4.90 Å². The Bertz CT molecular complexity index is 1000. The molecule has 2 heterocycles. The summed E-state index contributed by atoms with van der Waals surface area (Å²) in [4.78, 5) is 30.4. The minimum atomic E-state index is -0.307. The second kappa shape index (κ2) is 8.75. The molecule has 0 unspecified atom stereocenters. The van der Waals surface area contributed by atoms with Gasteiger partial charge in [-0.2, -0.15) is 0 Å². The van der Waals surface area contributed by atoms with Crippen molar-refractivity contribution in [3.8, 4) is 5.75 Å². The molecule has 1 saturated heterocycles. The fourth-order valence-electron chi connectivity index (χ4n) is 4.10. The number of hydrogen-bond donors (Lipinski definition) is 0. The van der Waals surface area contributed by atoms with Gasteiger partial charge in [0.1, 0.15) is 11.4 Å². The lowest BCUT2D eigenvalue weighted by Crippen LogP contribution is -2.38. The number of hydrogen-bond acceptors (Lipinski definition) is 4. The topological polar surface area (TPSA) is 49.9 Å². The van der Waals surface area contributed by atoms with E-state index in [-0.39, 0.29) is 17.9 Å². The summed E-state index contributed by atoms with van der Waals surface area (Å²) >= 11 is 6.01. The van der Waals surface area contributed by atoms with Crippen molar-refractivity contribution in [2.75, 3.05) is 18.0 Å². The molecule has 31 heavy (non-hydrogen) atoms. The van der Waals surface area contributed by atoms with Gasteiger partial charge in [0.05, 0.1) is 17.4 Å². The maximum absolute atomic E-state index is 13.5. The zero-order valence-electron chi connectivity index (χ0n) is 18.1.